The van der Waals surface area contributed by atoms with Crippen molar-refractivity contribution in [3.05, 3.63) is 53.6 Å². The maximum Gasteiger partial charge on any atom is 0.255 e. The van der Waals surface area contributed by atoms with Crippen molar-refractivity contribution >= 4 is 21.6 Å². The van der Waals surface area contributed by atoms with Gasteiger partial charge in [-0.15, -0.1) is 0 Å². The van der Waals surface area contributed by atoms with Gasteiger partial charge in [0, 0.05) is 24.3 Å². The minimum atomic E-state index is -3.73. The lowest BCUT2D eigenvalue weighted by Crippen LogP contribution is -2.31. The molecule has 0 saturated carbocycles. The highest BCUT2D eigenvalue weighted by atomic mass is 32.2. The topological polar surface area (TPSA) is 75.7 Å². The first kappa shape index (κ1) is 20.9. The second kappa shape index (κ2) is 9.01. The van der Waals surface area contributed by atoms with Crippen LogP contribution in [0.2, 0.25) is 0 Å². The Bertz CT molecular complexity index is 906. The summed E-state index contributed by atoms with van der Waals surface area (Å²) in [6.07, 6.45) is 0. The molecule has 146 valence electrons. The summed E-state index contributed by atoms with van der Waals surface area (Å²) in [5, 5.41) is 2.78. The van der Waals surface area contributed by atoms with E-state index in [1.165, 1.54) is 10.4 Å². The molecule has 0 spiro atoms. The van der Waals surface area contributed by atoms with Gasteiger partial charge in [-0.3, -0.25) is 4.79 Å². The summed E-state index contributed by atoms with van der Waals surface area (Å²) in [6.45, 7) is 8.26. The number of carbonyl (C=O) groups excluding carboxylic acids is 1. The normalized spacial score (nSPS) is 11.4. The molecule has 27 heavy (non-hydrogen) atoms. The Morgan fingerprint density at radius 2 is 1.74 bits per heavy atom. The van der Waals surface area contributed by atoms with E-state index in [4.69, 9.17) is 4.74 Å². The van der Waals surface area contributed by atoms with E-state index in [1.54, 1.807) is 45.0 Å². The molecule has 1 N–H and O–H groups in total. The maximum absolute atomic E-state index is 13.0. The number of sulfonamides is 1. The first-order valence-electron chi connectivity index (χ1n) is 8.99. The molecule has 2 aromatic rings. The standard InChI is InChI=1S/C20H26N2O4S/c1-5-22(6-2)27(24,25)19-14-16(12-13-18(19)26-7-3)21-20(23)17-11-9-8-10-15(17)4/h8-14H,5-7H2,1-4H3,(H,21,23). The van der Waals surface area contributed by atoms with E-state index in [0.29, 0.717) is 30.9 Å². The summed E-state index contributed by atoms with van der Waals surface area (Å²) in [4.78, 5) is 12.6. The predicted molar refractivity (Wildman–Crippen MR) is 107 cm³/mol. The highest BCUT2D eigenvalue weighted by Gasteiger charge is 2.26. The van der Waals surface area contributed by atoms with Gasteiger partial charge in [-0.05, 0) is 43.7 Å². The number of nitrogens with zero attached hydrogens (tertiary/aromatic N) is 1. The SMILES string of the molecule is CCOc1ccc(NC(=O)c2ccccc2C)cc1S(=O)(=O)N(CC)CC. The van der Waals surface area contributed by atoms with Gasteiger partial charge in [0.05, 0.1) is 6.61 Å². The zero-order valence-electron chi connectivity index (χ0n) is 16.2. The molecule has 0 atom stereocenters. The molecule has 0 fully saturated rings. The fourth-order valence-corrected chi connectivity index (χ4v) is 4.41. The average Bonchev–Trinajstić information content (AvgIpc) is 2.64. The number of anilines is 1. The molecular formula is C20H26N2O4S. The molecule has 0 heterocycles. The van der Waals surface area contributed by atoms with Crippen molar-refractivity contribution in [2.75, 3.05) is 25.0 Å². The van der Waals surface area contributed by atoms with E-state index >= 15 is 0 Å². The number of rotatable bonds is 8. The van der Waals surface area contributed by atoms with Crippen molar-refractivity contribution in [3.63, 3.8) is 0 Å². The van der Waals surface area contributed by atoms with Gasteiger partial charge in [-0.1, -0.05) is 32.0 Å². The van der Waals surface area contributed by atoms with Crippen molar-refractivity contribution in [3.8, 4) is 5.75 Å². The summed E-state index contributed by atoms with van der Waals surface area (Å²) in [7, 11) is -3.73. The van der Waals surface area contributed by atoms with E-state index in [0.717, 1.165) is 5.56 Å². The lowest BCUT2D eigenvalue weighted by molar-refractivity contribution is 0.102. The van der Waals surface area contributed by atoms with E-state index in [-0.39, 0.29) is 16.6 Å². The van der Waals surface area contributed by atoms with Crippen LogP contribution in [-0.2, 0) is 10.0 Å². The fraction of sp³-hybridized carbons (Fsp3) is 0.350. The van der Waals surface area contributed by atoms with Crippen LogP contribution in [0.1, 0.15) is 36.7 Å². The lowest BCUT2D eigenvalue weighted by Gasteiger charge is -2.21. The minimum Gasteiger partial charge on any atom is -0.492 e. The summed E-state index contributed by atoms with van der Waals surface area (Å²) in [6, 6.07) is 11.9. The largest absolute Gasteiger partial charge is 0.492 e. The van der Waals surface area contributed by atoms with Crippen LogP contribution in [0.5, 0.6) is 5.75 Å². The van der Waals surface area contributed by atoms with Gasteiger partial charge in [-0.25, -0.2) is 8.42 Å². The van der Waals surface area contributed by atoms with Crippen LogP contribution in [0.3, 0.4) is 0 Å². The number of carbonyl (C=O) groups is 1. The molecule has 0 radical (unpaired) electrons. The number of hydrogen-bond acceptors (Lipinski definition) is 4. The van der Waals surface area contributed by atoms with Gasteiger partial charge in [0.2, 0.25) is 10.0 Å². The van der Waals surface area contributed by atoms with Gasteiger partial charge in [-0.2, -0.15) is 4.31 Å². The molecule has 0 aliphatic rings. The molecule has 0 aliphatic carbocycles. The van der Waals surface area contributed by atoms with Crippen LogP contribution in [-0.4, -0.2) is 38.3 Å². The minimum absolute atomic E-state index is 0.0515. The van der Waals surface area contributed by atoms with Crippen LogP contribution in [0.15, 0.2) is 47.4 Å². The second-order valence-electron chi connectivity index (χ2n) is 5.95. The van der Waals surface area contributed by atoms with Gasteiger partial charge >= 0.3 is 0 Å². The van der Waals surface area contributed by atoms with Crippen molar-refractivity contribution in [1.82, 2.24) is 4.31 Å². The molecule has 2 rings (SSSR count). The zero-order valence-corrected chi connectivity index (χ0v) is 17.0. The van der Waals surface area contributed by atoms with Gasteiger partial charge in [0.25, 0.3) is 5.91 Å². The molecule has 0 unspecified atom stereocenters. The van der Waals surface area contributed by atoms with E-state index < -0.39 is 10.0 Å². The number of aryl methyl sites for hydroxylation is 1. The molecular weight excluding hydrogens is 364 g/mol. The number of ether oxygens (including phenoxy) is 1. The Morgan fingerprint density at radius 3 is 2.33 bits per heavy atom. The molecule has 0 saturated heterocycles. The third kappa shape index (κ3) is 4.67. The maximum atomic E-state index is 13.0. The van der Waals surface area contributed by atoms with Gasteiger partial charge < -0.3 is 10.1 Å². The molecule has 0 aromatic heterocycles. The highest BCUT2D eigenvalue weighted by molar-refractivity contribution is 7.89. The van der Waals surface area contributed by atoms with Crippen LogP contribution in [0, 0.1) is 6.92 Å². The Balaban J connectivity index is 2.43. The number of hydrogen-bond donors (Lipinski definition) is 1. The third-order valence-electron chi connectivity index (χ3n) is 4.21. The van der Waals surface area contributed by atoms with Crippen molar-refractivity contribution in [1.29, 1.82) is 0 Å². The molecule has 1 amide bonds. The summed E-state index contributed by atoms with van der Waals surface area (Å²) in [5.74, 6) is -0.0123. The van der Waals surface area contributed by atoms with Gasteiger partial charge in [0.15, 0.2) is 0 Å². The van der Waals surface area contributed by atoms with Crippen molar-refractivity contribution in [2.24, 2.45) is 0 Å². The summed E-state index contributed by atoms with van der Waals surface area (Å²) >= 11 is 0. The highest BCUT2D eigenvalue weighted by Crippen LogP contribution is 2.30. The van der Waals surface area contributed by atoms with Crippen LogP contribution in [0.25, 0.3) is 0 Å². The molecule has 7 heteroatoms. The monoisotopic (exact) mass is 390 g/mol. The van der Waals surface area contributed by atoms with Crippen LogP contribution >= 0.6 is 0 Å². The zero-order chi connectivity index (χ0) is 20.0. The lowest BCUT2D eigenvalue weighted by atomic mass is 10.1. The number of benzene rings is 2. The first-order valence-corrected chi connectivity index (χ1v) is 10.4. The van der Waals surface area contributed by atoms with Crippen LogP contribution < -0.4 is 10.1 Å². The smallest absolute Gasteiger partial charge is 0.255 e. The second-order valence-corrected chi connectivity index (χ2v) is 7.86. The number of amides is 1. The average molecular weight is 391 g/mol. The molecule has 6 nitrogen and oxygen atoms in total. The van der Waals surface area contributed by atoms with E-state index in [9.17, 15) is 13.2 Å². The Morgan fingerprint density at radius 1 is 1.07 bits per heavy atom. The molecule has 0 bridgehead atoms. The van der Waals surface area contributed by atoms with Gasteiger partial charge in [0.1, 0.15) is 10.6 Å². The first-order chi connectivity index (χ1) is 12.8. The Hall–Kier alpha value is -2.38. The number of nitrogens with one attached hydrogen (secondary N) is 1. The molecule has 0 aliphatic heterocycles. The third-order valence-corrected chi connectivity index (χ3v) is 6.29. The van der Waals surface area contributed by atoms with Crippen molar-refractivity contribution in [2.45, 2.75) is 32.6 Å². The van der Waals surface area contributed by atoms with Crippen LogP contribution in [0.4, 0.5) is 5.69 Å². The summed E-state index contributed by atoms with van der Waals surface area (Å²) in [5.41, 5.74) is 1.79. The predicted octanol–water partition coefficient (Wildman–Crippen LogP) is 3.68. The summed E-state index contributed by atoms with van der Waals surface area (Å²) < 4.78 is 32.8. The van der Waals surface area contributed by atoms with E-state index in [1.807, 2.05) is 19.1 Å². The van der Waals surface area contributed by atoms with Crippen molar-refractivity contribution < 1.29 is 17.9 Å². The fourth-order valence-electron chi connectivity index (χ4n) is 2.79. The Kier molecular flexibility index (Phi) is 6.98. The Labute approximate surface area is 161 Å². The molecule has 2 aromatic carbocycles. The quantitative estimate of drug-likeness (QED) is 0.746. The van der Waals surface area contributed by atoms with E-state index in [2.05, 4.69) is 5.32 Å².